The Balaban J connectivity index is 1.37. The number of aliphatic hydroxyl groups excluding tert-OH is 3. The van der Waals surface area contributed by atoms with Gasteiger partial charge in [-0.2, -0.15) is 0 Å². The largest absolute Gasteiger partial charge is 0.394 e. The summed E-state index contributed by atoms with van der Waals surface area (Å²) in [5.74, 6) is 0.311. The number of nitrogens with zero attached hydrogens (tertiary/aromatic N) is 8. The zero-order valence-corrected chi connectivity index (χ0v) is 21.0. The predicted molar refractivity (Wildman–Crippen MR) is 131 cm³/mol. The molecule has 5 heterocycles. The molecular formula is C21H19ClN8O4S2. The van der Waals surface area contributed by atoms with Crippen LogP contribution in [0.1, 0.15) is 23.0 Å². The van der Waals surface area contributed by atoms with E-state index in [-0.39, 0.29) is 0 Å². The van der Waals surface area contributed by atoms with Crippen LogP contribution in [0, 0.1) is 6.92 Å². The van der Waals surface area contributed by atoms with Gasteiger partial charge < -0.3 is 20.1 Å². The molecule has 0 saturated carbocycles. The van der Waals surface area contributed by atoms with Crippen molar-refractivity contribution in [2.75, 3.05) is 6.61 Å². The third kappa shape index (κ3) is 4.00. The molecule has 0 radical (unpaired) electrons. The fourth-order valence-corrected chi connectivity index (χ4v) is 6.09. The zero-order chi connectivity index (χ0) is 25.0. The first-order valence-electron chi connectivity index (χ1n) is 10.9. The monoisotopic (exact) mass is 546 g/mol. The van der Waals surface area contributed by atoms with Gasteiger partial charge in [0.2, 0.25) is 0 Å². The minimum atomic E-state index is -1.30. The Kier molecular flexibility index (Phi) is 6.03. The molecule has 0 bridgehead atoms. The van der Waals surface area contributed by atoms with Crippen molar-refractivity contribution in [2.45, 2.75) is 37.4 Å². The van der Waals surface area contributed by atoms with Gasteiger partial charge in [0.1, 0.15) is 52.6 Å². The van der Waals surface area contributed by atoms with Gasteiger partial charge in [-0.1, -0.05) is 16.8 Å². The lowest BCUT2D eigenvalue weighted by atomic mass is 9.92. The van der Waals surface area contributed by atoms with Crippen LogP contribution in [0.3, 0.4) is 0 Å². The minimum absolute atomic E-state index is 0.311. The molecule has 4 aromatic heterocycles. The summed E-state index contributed by atoms with van der Waals surface area (Å²) in [5, 5.41) is 52.3. The second kappa shape index (κ2) is 9.23. The van der Waals surface area contributed by atoms with Gasteiger partial charge in [0.05, 0.1) is 28.0 Å². The summed E-state index contributed by atoms with van der Waals surface area (Å²) in [6.07, 6.45) is -1.53. The number of benzene rings is 1. The Morgan fingerprint density at radius 1 is 1.17 bits per heavy atom. The van der Waals surface area contributed by atoms with Crippen LogP contribution in [-0.4, -0.2) is 80.0 Å². The summed E-state index contributed by atoms with van der Waals surface area (Å²) in [6.45, 7) is 1.46. The van der Waals surface area contributed by atoms with E-state index >= 15 is 0 Å². The molecule has 0 amide bonds. The van der Waals surface area contributed by atoms with Gasteiger partial charge >= 0.3 is 0 Å². The van der Waals surface area contributed by atoms with Crippen LogP contribution in [0.2, 0.25) is 5.15 Å². The van der Waals surface area contributed by atoms with E-state index in [1.54, 1.807) is 27.5 Å². The van der Waals surface area contributed by atoms with Crippen molar-refractivity contribution < 1.29 is 20.1 Å². The number of aliphatic hydroxyl groups is 3. The molecule has 6 rings (SSSR count). The van der Waals surface area contributed by atoms with Crippen molar-refractivity contribution in [1.82, 2.24) is 39.7 Å². The van der Waals surface area contributed by atoms with Crippen molar-refractivity contribution in [3.63, 3.8) is 0 Å². The molecular weight excluding hydrogens is 528 g/mol. The molecule has 186 valence electrons. The number of hydrogen-bond acceptors (Lipinski definition) is 12. The Bertz CT molecular complexity index is 1530. The van der Waals surface area contributed by atoms with Crippen molar-refractivity contribution >= 4 is 44.5 Å². The molecule has 12 nitrogen and oxygen atoms in total. The number of aryl methyl sites for hydroxylation is 1. The van der Waals surface area contributed by atoms with E-state index in [1.807, 2.05) is 25.1 Å². The SMILES string of the molecule is Cc1nc2ccc(-n3cnnc3[C@@H]3O[C@H](CO)[C@H](O)[C@H](n4cc(-c5nc(Cl)cs5)nn4)[C@H]3O)cc2s1. The van der Waals surface area contributed by atoms with Crippen LogP contribution in [0.25, 0.3) is 26.6 Å². The molecule has 15 heteroatoms. The van der Waals surface area contributed by atoms with Crippen molar-refractivity contribution in [1.29, 1.82) is 0 Å². The summed E-state index contributed by atoms with van der Waals surface area (Å²) < 4.78 is 9.98. The Hall–Kier alpha value is -2.85. The lowest BCUT2D eigenvalue weighted by Crippen LogP contribution is -2.53. The fraction of sp³-hybridized carbons (Fsp3) is 0.333. The molecule has 1 aromatic carbocycles. The molecule has 5 atom stereocenters. The van der Waals surface area contributed by atoms with Crippen LogP contribution >= 0.6 is 34.3 Å². The average Bonchev–Trinajstić information content (AvgIpc) is 3.65. The topological polar surface area (TPSA) is 157 Å². The highest BCUT2D eigenvalue weighted by molar-refractivity contribution is 7.18. The number of fused-ring (bicyclic) bond motifs is 1. The van der Waals surface area contributed by atoms with Gasteiger partial charge in [0, 0.05) is 11.1 Å². The fourth-order valence-electron chi connectivity index (χ4n) is 4.34. The minimum Gasteiger partial charge on any atom is -0.394 e. The average molecular weight is 547 g/mol. The lowest BCUT2D eigenvalue weighted by Gasteiger charge is -2.41. The van der Waals surface area contributed by atoms with Gasteiger partial charge in [-0.05, 0) is 25.1 Å². The Morgan fingerprint density at radius 2 is 2.03 bits per heavy atom. The van der Waals surface area contributed by atoms with E-state index in [0.717, 1.165) is 20.9 Å². The summed E-state index contributed by atoms with van der Waals surface area (Å²) in [7, 11) is 0. The molecule has 1 fully saturated rings. The number of thiazole rings is 2. The predicted octanol–water partition coefficient (Wildman–Crippen LogP) is 1.95. The standard InChI is InChI=1S/C21H19ClN8O4S2/c1-9-24-11-3-2-10(4-14(11)36-9)29-8-23-27-20(29)19-18(33)16(17(32)13(6-31)34-19)30-5-12(26-28-30)21-25-15(22)7-35-21/h2-5,7-8,13,16-19,31-33H,6H2,1H3/t13-,16+,17+,18-,19-/m1/s1. The molecule has 1 aliphatic rings. The molecule has 36 heavy (non-hydrogen) atoms. The van der Waals surface area contributed by atoms with Gasteiger partial charge in [-0.3, -0.25) is 4.57 Å². The van der Waals surface area contributed by atoms with E-state index in [4.69, 9.17) is 16.3 Å². The third-order valence-electron chi connectivity index (χ3n) is 5.99. The Labute approximate surface area is 216 Å². The van der Waals surface area contributed by atoms with E-state index in [0.29, 0.717) is 21.7 Å². The van der Waals surface area contributed by atoms with Gasteiger partial charge in [0.15, 0.2) is 5.82 Å². The van der Waals surface area contributed by atoms with Crippen LogP contribution in [0.15, 0.2) is 36.1 Å². The first-order chi connectivity index (χ1) is 17.4. The number of ether oxygens (including phenoxy) is 1. The van der Waals surface area contributed by atoms with Gasteiger partial charge in [-0.15, -0.1) is 38.0 Å². The number of aromatic nitrogens is 8. The van der Waals surface area contributed by atoms with E-state index < -0.39 is 37.1 Å². The highest BCUT2D eigenvalue weighted by Gasteiger charge is 2.48. The van der Waals surface area contributed by atoms with Crippen LogP contribution in [0.5, 0.6) is 0 Å². The third-order valence-corrected chi connectivity index (χ3v) is 8.11. The number of rotatable bonds is 5. The second-order valence-electron chi connectivity index (χ2n) is 8.25. The highest BCUT2D eigenvalue weighted by Crippen LogP contribution is 2.38. The summed E-state index contributed by atoms with van der Waals surface area (Å²) in [5.41, 5.74) is 2.08. The van der Waals surface area contributed by atoms with Crippen molar-refractivity contribution in [2.24, 2.45) is 0 Å². The Morgan fingerprint density at radius 3 is 2.81 bits per heavy atom. The smallest absolute Gasteiger partial charge is 0.169 e. The first-order valence-corrected chi connectivity index (χ1v) is 12.9. The van der Waals surface area contributed by atoms with Crippen molar-refractivity contribution in [3.05, 3.63) is 52.1 Å². The molecule has 5 aromatic rings. The second-order valence-corrected chi connectivity index (χ2v) is 10.7. The highest BCUT2D eigenvalue weighted by atomic mass is 35.5. The van der Waals surface area contributed by atoms with Crippen molar-refractivity contribution in [3.8, 4) is 16.4 Å². The maximum absolute atomic E-state index is 11.4. The zero-order valence-electron chi connectivity index (χ0n) is 18.6. The number of hydrogen-bond donors (Lipinski definition) is 3. The molecule has 3 N–H and O–H groups in total. The lowest BCUT2D eigenvalue weighted by molar-refractivity contribution is -0.210. The summed E-state index contributed by atoms with van der Waals surface area (Å²) in [6, 6.07) is 4.75. The molecule has 1 saturated heterocycles. The normalized spacial score (nSPS) is 24.5. The van der Waals surface area contributed by atoms with Gasteiger partial charge in [-0.25, -0.2) is 14.6 Å². The molecule has 1 aliphatic heterocycles. The van der Waals surface area contributed by atoms with E-state index in [2.05, 4.69) is 30.5 Å². The maximum Gasteiger partial charge on any atom is 0.169 e. The summed E-state index contributed by atoms with van der Waals surface area (Å²) >= 11 is 8.79. The molecule has 0 spiro atoms. The van der Waals surface area contributed by atoms with E-state index in [9.17, 15) is 15.3 Å². The molecule has 0 unspecified atom stereocenters. The first kappa shape index (κ1) is 23.5. The molecule has 0 aliphatic carbocycles. The maximum atomic E-state index is 11.4. The van der Waals surface area contributed by atoms with Crippen LogP contribution in [0.4, 0.5) is 0 Å². The van der Waals surface area contributed by atoms with Crippen LogP contribution < -0.4 is 0 Å². The summed E-state index contributed by atoms with van der Waals surface area (Å²) in [4.78, 5) is 8.67. The number of halogens is 1. The van der Waals surface area contributed by atoms with Crippen LogP contribution in [-0.2, 0) is 4.74 Å². The quantitative estimate of drug-likeness (QED) is 0.297. The van der Waals surface area contributed by atoms with Gasteiger partial charge in [0.25, 0.3) is 0 Å². The van der Waals surface area contributed by atoms with E-state index in [1.165, 1.54) is 22.3 Å².